The van der Waals surface area contributed by atoms with E-state index in [-0.39, 0.29) is 0 Å². The average molecular weight is 235 g/mol. The SMILES string of the molecule is CCCCCC(C)(C)CNc1cc(C)cnn1. The second-order valence-corrected chi connectivity index (χ2v) is 5.59. The van der Waals surface area contributed by atoms with Gasteiger partial charge in [0.15, 0.2) is 0 Å². The van der Waals surface area contributed by atoms with E-state index in [9.17, 15) is 0 Å². The molecule has 0 amide bonds. The molecule has 0 saturated carbocycles. The Morgan fingerprint density at radius 1 is 1.29 bits per heavy atom. The number of nitrogens with one attached hydrogen (secondary N) is 1. The number of hydrogen-bond acceptors (Lipinski definition) is 3. The molecule has 3 heteroatoms. The lowest BCUT2D eigenvalue weighted by atomic mass is 9.87. The molecule has 0 aromatic carbocycles. The number of nitrogens with zero attached hydrogens (tertiary/aromatic N) is 2. The highest BCUT2D eigenvalue weighted by Crippen LogP contribution is 2.24. The predicted molar refractivity (Wildman–Crippen MR) is 73.2 cm³/mol. The van der Waals surface area contributed by atoms with Crippen LogP contribution in [0.5, 0.6) is 0 Å². The van der Waals surface area contributed by atoms with Crippen molar-refractivity contribution in [2.45, 2.75) is 53.4 Å². The highest BCUT2D eigenvalue weighted by atomic mass is 15.2. The van der Waals surface area contributed by atoms with E-state index in [0.717, 1.165) is 17.9 Å². The first-order valence-electron chi connectivity index (χ1n) is 6.57. The van der Waals surface area contributed by atoms with E-state index >= 15 is 0 Å². The first-order chi connectivity index (χ1) is 8.03. The molecule has 0 aliphatic rings. The van der Waals surface area contributed by atoms with Gasteiger partial charge in [0.05, 0.1) is 6.20 Å². The van der Waals surface area contributed by atoms with Gasteiger partial charge in [-0.25, -0.2) is 0 Å². The van der Waals surface area contributed by atoms with Gasteiger partial charge in [0.2, 0.25) is 0 Å². The zero-order valence-corrected chi connectivity index (χ0v) is 11.6. The van der Waals surface area contributed by atoms with Crippen LogP contribution in [0.15, 0.2) is 12.3 Å². The van der Waals surface area contributed by atoms with Crippen LogP contribution in [0.3, 0.4) is 0 Å². The third kappa shape index (κ3) is 5.66. The normalized spacial score (nSPS) is 11.5. The monoisotopic (exact) mass is 235 g/mol. The van der Waals surface area contributed by atoms with Crippen LogP contribution < -0.4 is 5.32 Å². The van der Waals surface area contributed by atoms with E-state index in [4.69, 9.17) is 0 Å². The fraction of sp³-hybridized carbons (Fsp3) is 0.714. The summed E-state index contributed by atoms with van der Waals surface area (Å²) in [7, 11) is 0. The molecule has 1 aromatic rings. The third-order valence-electron chi connectivity index (χ3n) is 3.00. The van der Waals surface area contributed by atoms with Crippen LogP contribution in [0, 0.1) is 12.3 Å². The molecule has 0 fully saturated rings. The Balaban J connectivity index is 2.38. The molecule has 0 unspecified atom stereocenters. The molecule has 1 rings (SSSR count). The van der Waals surface area contributed by atoms with Crippen LogP contribution in [0.2, 0.25) is 0 Å². The Labute approximate surface area is 105 Å². The Bertz CT molecular complexity index is 334. The molecular weight excluding hydrogens is 210 g/mol. The highest BCUT2D eigenvalue weighted by molar-refractivity contribution is 5.35. The standard InChI is InChI=1S/C14H25N3/c1-5-6-7-8-14(3,4)11-15-13-9-12(2)10-16-17-13/h9-10H,5-8,11H2,1-4H3,(H,15,17). The first-order valence-corrected chi connectivity index (χ1v) is 6.57. The topological polar surface area (TPSA) is 37.8 Å². The summed E-state index contributed by atoms with van der Waals surface area (Å²) in [5.74, 6) is 0.883. The van der Waals surface area contributed by atoms with Gasteiger partial charge < -0.3 is 5.32 Å². The zero-order valence-electron chi connectivity index (χ0n) is 11.6. The van der Waals surface area contributed by atoms with Crippen molar-refractivity contribution in [1.82, 2.24) is 10.2 Å². The molecule has 0 aliphatic heterocycles. The lowest BCUT2D eigenvalue weighted by molar-refractivity contribution is 0.342. The largest absolute Gasteiger partial charge is 0.368 e. The van der Waals surface area contributed by atoms with Gasteiger partial charge in [-0.1, -0.05) is 40.0 Å². The summed E-state index contributed by atoms with van der Waals surface area (Å²) in [4.78, 5) is 0. The van der Waals surface area contributed by atoms with Crippen LogP contribution in [0.1, 0.15) is 52.0 Å². The Kier molecular flexibility index (Phi) is 5.39. The number of aryl methyl sites for hydroxylation is 1. The van der Waals surface area contributed by atoms with Gasteiger partial charge in [0.25, 0.3) is 0 Å². The summed E-state index contributed by atoms with van der Waals surface area (Å²) in [6.07, 6.45) is 6.95. The molecule has 0 atom stereocenters. The van der Waals surface area contributed by atoms with E-state index < -0.39 is 0 Å². The fourth-order valence-electron chi connectivity index (χ4n) is 1.82. The summed E-state index contributed by atoms with van der Waals surface area (Å²) in [6.45, 7) is 9.84. The lowest BCUT2D eigenvalue weighted by Gasteiger charge is -2.25. The van der Waals surface area contributed by atoms with Crippen LogP contribution in [-0.2, 0) is 0 Å². The zero-order chi connectivity index (χ0) is 12.7. The maximum Gasteiger partial charge on any atom is 0.148 e. The molecule has 1 heterocycles. The second-order valence-electron chi connectivity index (χ2n) is 5.59. The summed E-state index contributed by atoms with van der Waals surface area (Å²) in [5.41, 5.74) is 1.46. The minimum atomic E-state index is 0.320. The number of hydrogen-bond donors (Lipinski definition) is 1. The average Bonchev–Trinajstić information content (AvgIpc) is 2.27. The summed E-state index contributed by atoms with van der Waals surface area (Å²) in [5, 5.41) is 11.4. The van der Waals surface area contributed by atoms with Gasteiger partial charge in [-0.05, 0) is 30.4 Å². The van der Waals surface area contributed by atoms with E-state index in [1.165, 1.54) is 25.7 Å². The van der Waals surface area contributed by atoms with Gasteiger partial charge in [-0.2, -0.15) is 5.10 Å². The lowest BCUT2D eigenvalue weighted by Crippen LogP contribution is -2.23. The number of unbranched alkanes of at least 4 members (excludes halogenated alkanes) is 2. The molecule has 3 nitrogen and oxygen atoms in total. The Hall–Kier alpha value is -1.12. The Morgan fingerprint density at radius 2 is 2.06 bits per heavy atom. The second kappa shape index (κ2) is 6.58. The number of aromatic nitrogens is 2. The molecule has 0 aliphatic carbocycles. The third-order valence-corrected chi connectivity index (χ3v) is 3.00. The molecule has 0 radical (unpaired) electrons. The van der Waals surface area contributed by atoms with Gasteiger partial charge >= 0.3 is 0 Å². The van der Waals surface area contributed by atoms with E-state index in [1.54, 1.807) is 6.20 Å². The predicted octanol–water partition coefficient (Wildman–Crippen LogP) is 3.80. The van der Waals surface area contributed by atoms with Crippen molar-refractivity contribution in [3.05, 3.63) is 17.8 Å². The summed E-state index contributed by atoms with van der Waals surface area (Å²) < 4.78 is 0. The van der Waals surface area contributed by atoms with Crippen LogP contribution in [-0.4, -0.2) is 16.7 Å². The molecule has 17 heavy (non-hydrogen) atoms. The maximum atomic E-state index is 4.08. The van der Waals surface area contributed by atoms with Crippen molar-refractivity contribution in [2.24, 2.45) is 5.41 Å². The molecule has 0 bridgehead atoms. The minimum absolute atomic E-state index is 0.320. The summed E-state index contributed by atoms with van der Waals surface area (Å²) >= 11 is 0. The molecule has 1 aromatic heterocycles. The maximum absolute atomic E-state index is 4.08. The number of rotatable bonds is 7. The van der Waals surface area contributed by atoms with Crippen LogP contribution >= 0.6 is 0 Å². The molecule has 0 saturated heterocycles. The van der Waals surface area contributed by atoms with Crippen molar-refractivity contribution in [3.63, 3.8) is 0 Å². The van der Waals surface area contributed by atoms with Crippen molar-refractivity contribution in [2.75, 3.05) is 11.9 Å². The van der Waals surface area contributed by atoms with Crippen LogP contribution in [0.25, 0.3) is 0 Å². The molecule has 0 spiro atoms. The van der Waals surface area contributed by atoms with Gasteiger partial charge in [-0.3, -0.25) is 0 Å². The fourth-order valence-corrected chi connectivity index (χ4v) is 1.82. The minimum Gasteiger partial charge on any atom is -0.368 e. The van der Waals surface area contributed by atoms with Gasteiger partial charge in [-0.15, -0.1) is 5.10 Å². The smallest absolute Gasteiger partial charge is 0.148 e. The summed E-state index contributed by atoms with van der Waals surface area (Å²) in [6, 6.07) is 2.04. The molecular formula is C14H25N3. The van der Waals surface area contributed by atoms with Crippen molar-refractivity contribution in [3.8, 4) is 0 Å². The van der Waals surface area contributed by atoms with E-state index in [1.807, 2.05) is 13.0 Å². The van der Waals surface area contributed by atoms with Crippen molar-refractivity contribution >= 4 is 5.82 Å². The van der Waals surface area contributed by atoms with Gasteiger partial charge in [0.1, 0.15) is 5.82 Å². The van der Waals surface area contributed by atoms with Gasteiger partial charge in [0, 0.05) is 6.54 Å². The van der Waals surface area contributed by atoms with E-state index in [0.29, 0.717) is 5.41 Å². The first kappa shape index (κ1) is 13.9. The van der Waals surface area contributed by atoms with Crippen molar-refractivity contribution in [1.29, 1.82) is 0 Å². The molecule has 1 N–H and O–H groups in total. The number of anilines is 1. The van der Waals surface area contributed by atoms with E-state index in [2.05, 4.69) is 36.3 Å². The quantitative estimate of drug-likeness (QED) is 0.730. The highest BCUT2D eigenvalue weighted by Gasteiger charge is 2.17. The Morgan fingerprint density at radius 3 is 2.71 bits per heavy atom. The van der Waals surface area contributed by atoms with Crippen molar-refractivity contribution < 1.29 is 0 Å². The molecule has 96 valence electrons. The van der Waals surface area contributed by atoms with Crippen LogP contribution in [0.4, 0.5) is 5.82 Å².